The van der Waals surface area contributed by atoms with Gasteiger partial charge in [0.2, 0.25) is 10.9 Å². The second-order valence-electron chi connectivity index (χ2n) is 10.5. The number of nitro groups is 1. The monoisotopic (exact) mass is 653 g/mol. The molecule has 46 heavy (non-hydrogen) atoms. The molecule has 0 atom stereocenters. The maximum Gasteiger partial charge on any atom is 0.324 e. The number of methoxy groups -OCH3 is 2. The first-order valence-electron chi connectivity index (χ1n) is 13.9. The number of carbonyl (C=O) groups is 3. The first kappa shape index (κ1) is 32.1. The summed E-state index contributed by atoms with van der Waals surface area (Å²) in [6.45, 7) is -0.249. The van der Waals surface area contributed by atoms with Crippen molar-refractivity contribution in [2.45, 2.75) is 31.2 Å². The Balaban J connectivity index is 1.65. The third-order valence-corrected chi connectivity index (χ3v) is 8.50. The minimum absolute atomic E-state index is 0.0612. The molecule has 1 heterocycles. The number of halogens is 1. The molecule has 0 aliphatic heterocycles. The van der Waals surface area contributed by atoms with E-state index in [1.165, 1.54) is 37.4 Å². The summed E-state index contributed by atoms with van der Waals surface area (Å²) in [5, 5.41) is 14.9. The van der Waals surface area contributed by atoms with Gasteiger partial charge in [0.05, 0.1) is 42.5 Å². The zero-order chi connectivity index (χ0) is 33.3. The summed E-state index contributed by atoms with van der Waals surface area (Å²) >= 11 is 0. The van der Waals surface area contributed by atoms with E-state index in [9.17, 15) is 37.3 Å². The number of anilines is 1. The summed E-state index contributed by atoms with van der Waals surface area (Å²) in [5.41, 5.74) is 1.19. The highest BCUT2D eigenvalue weighted by Gasteiger charge is 2.37. The van der Waals surface area contributed by atoms with Crippen LogP contribution in [0.3, 0.4) is 0 Å². The molecule has 0 unspecified atom stereocenters. The van der Waals surface area contributed by atoms with Crippen LogP contribution in [0.4, 0.5) is 15.8 Å². The van der Waals surface area contributed by atoms with Gasteiger partial charge in [0.25, 0.3) is 11.6 Å². The van der Waals surface area contributed by atoms with Crippen molar-refractivity contribution in [3.05, 3.63) is 92.8 Å². The number of furan rings is 1. The summed E-state index contributed by atoms with van der Waals surface area (Å²) in [6.07, 6.45) is 1.64. The Morgan fingerprint density at radius 3 is 2.26 bits per heavy atom. The first-order valence-corrected chi connectivity index (χ1v) is 15.0. The van der Waals surface area contributed by atoms with E-state index in [1.807, 2.05) is 0 Å². The topological polar surface area (TPSA) is 175 Å². The summed E-state index contributed by atoms with van der Waals surface area (Å²) in [7, 11) is 0.0970. The van der Waals surface area contributed by atoms with Gasteiger partial charge in [0.1, 0.15) is 17.2 Å². The molecule has 4 aromatic rings. The van der Waals surface area contributed by atoms with Gasteiger partial charge in [-0.1, -0.05) is 0 Å². The van der Waals surface area contributed by atoms with Crippen LogP contribution in [0.1, 0.15) is 51.7 Å². The molecule has 5 rings (SSSR count). The van der Waals surface area contributed by atoms with Crippen molar-refractivity contribution in [2.24, 2.45) is 0 Å². The Hall–Kier alpha value is -5.31. The minimum atomic E-state index is -3.37. The number of fused-ring (bicyclic) bond motifs is 1. The van der Waals surface area contributed by atoms with Crippen LogP contribution in [0.2, 0.25) is 0 Å². The van der Waals surface area contributed by atoms with Crippen LogP contribution < -0.4 is 9.62 Å². The van der Waals surface area contributed by atoms with Crippen LogP contribution >= 0.6 is 0 Å². The van der Waals surface area contributed by atoms with Crippen LogP contribution in [-0.2, 0) is 36.5 Å². The Morgan fingerprint density at radius 1 is 1.07 bits per heavy atom. The highest BCUT2D eigenvalue weighted by Crippen LogP contribution is 2.45. The lowest BCUT2D eigenvalue weighted by molar-refractivity contribution is -0.385. The standard InChI is InChI=1S/C31H28FN3O10S/c1-33-29(36)26-23-14-21(16-4-5-16)18(12-25(23)45-28(26)17-6-8-19(32)9-7-17)15-34(46(41)42)20-10-11-24(35(39)40)22(13-20)27(30(37)43-2)31(38)44-3/h6-14,16,27,46H,4-5,15H2,1-3H3,(H,33,36). The molecular formula is C31H28FN3O10S. The highest BCUT2D eigenvalue weighted by molar-refractivity contribution is 7.74. The number of nitro benzene ring substituents is 1. The average molecular weight is 654 g/mol. The number of hydrogen-bond donors (Lipinski definition) is 2. The van der Waals surface area contributed by atoms with Crippen molar-refractivity contribution in [1.82, 2.24) is 5.32 Å². The van der Waals surface area contributed by atoms with Crippen LogP contribution in [0.5, 0.6) is 0 Å². The van der Waals surface area contributed by atoms with Gasteiger partial charge in [-0.05, 0) is 78.4 Å². The Morgan fingerprint density at radius 2 is 1.72 bits per heavy atom. The number of rotatable bonds is 11. The van der Waals surface area contributed by atoms with Crippen LogP contribution in [-0.4, -0.2) is 52.5 Å². The molecule has 1 saturated carbocycles. The predicted octanol–water partition coefficient (Wildman–Crippen LogP) is 4.35. The number of ether oxygens (including phenoxy) is 2. The predicted molar refractivity (Wildman–Crippen MR) is 163 cm³/mol. The zero-order valence-corrected chi connectivity index (χ0v) is 25.7. The SMILES string of the molecule is CNC(=O)c1c(-c2ccc(F)cc2)oc2cc(CN(c3ccc([N+](=O)[O-])c(C(C(=O)OC)C(=O)OC)c3)[SH](=O)=O)c(C3CC3)cc12. The molecule has 1 aromatic heterocycles. The third-order valence-electron chi connectivity index (χ3n) is 7.74. The first-order chi connectivity index (χ1) is 22.0. The van der Waals surface area contributed by atoms with Crippen molar-refractivity contribution in [1.29, 1.82) is 0 Å². The molecule has 15 heteroatoms. The van der Waals surface area contributed by atoms with Gasteiger partial charge in [-0.3, -0.25) is 28.8 Å². The van der Waals surface area contributed by atoms with E-state index in [1.54, 1.807) is 12.1 Å². The molecule has 3 aromatic carbocycles. The van der Waals surface area contributed by atoms with Crippen molar-refractivity contribution in [2.75, 3.05) is 25.6 Å². The largest absolute Gasteiger partial charge is 0.468 e. The average Bonchev–Trinajstić information content (AvgIpc) is 3.83. The number of nitrogens with one attached hydrogen (secondary N) is 1. The van der Waals surface area contributed by atoms with E-state index in [0.29, 0.717) is 16.5 Å². The molecule has 240 valence electrons. The highest BCUT2D eigenvalue weighted by atomic mass is 32.2. The molecule has 13 nitrogen and oxygen atoms in total. The van der Waals surface area contributed by atoms with Gasteiger partial charge >= 0.3 is 11.9 Å². The number of hydrogen-bond acceptors (Lipinski definition) is 10. The second-order valence-corrected chi connectivity index (χ2v) is 11.4. The second kappa shape index (κ2) is 13.0. The van der Waals surface area contributed by atoms with Gasteiger partial charge in [-0.2, -0.15) is 0 Å². The number of carbonyl (C=O) groups excluding carboxylic acids is 3. The van der Waals surface area contributed by atoms with E-state index in [0.717, 1.165) is 49.1 Å². The lowest BCUT2D eigenvalue weighted by atomic mass is 9.96. The number of amides is 1. The molecule has 1 fully saturated rings. The summed E-state index contributed by atoms with van der Waals surface area (Å²) in [4.78, 5) is 49.1. The van der Waals surface area contributed by atoms with E-state index >= 15 is 0 Å². The molecule has 0 saturated heterocycles. The van der Waals surface area contributed by atoms with E-state index in [2.05, 4.69) is 14.8 Å². The molecule has 0 bridgehead atoms. The van der Waals surface area contributed by atoms with Crippen molar-refractivity contribution >= 4 is 51.1 Å². The van der Waals surface area contributed by atoms with Gasteiger partial charge in [-0.15, -0.1) is 0 Å². The summed E-state index contributed by atoms with van der Waals surface area (Å²) in [6, 6.07) is 12.1. The van der Waals surface area contributed by atoms with E-state index < -0.39 is 56.6 Å². The summed E-state index contributed by atoms with van der Waals surface area (Å²) in [5.74, 6) is -4.73. The summed E-state index contributed by atoms with van der Waals surface area (Å²) < 4.78 is 55.5. The van der Waals surface area contributed by atoms with Crippen LogP contribution in [0.15, 0.2) is 59.0 Å². The van der Waals surface area contributed by atoms with Gasteiger partial charge in [0.15, 0.2) is 5.92 Å². The number of thiol groups is 1. The molecule has 1 amide bonds. The van der Waals surface area contributed by atoms with Crippen LogP contribution in [0, 0.1) is 15.9 Å². The third kappa shape index (κ3) is 6.13. The Kier molecular flexibility index (Phi) is 9.05. The maximum atomic E-state index is 13.7. The quantitative estimate of drug-likeness (QED) is 0.0779. The number of benzene rings is 3. The zero-order valence-electron chi connectivity index (χ0n) is 24.8. The fourth-order valence-corrected chi connectivity index (χ4v) is 5.94. The maximum absolute atomic E-state index is 13.7. The van der Waals surface area contributed by atoms with Gasteiger partial charge in [-0.25, -0.2) is 12.8 Å². The molecule has 1 N–H and O–H groups in total. The van der Waals surface area contributed by atoms with Gasteiger partial charge < -0.3 is 19.2 Å². The lowest BCUT2D eigenvalue weighted by Gasteiger charge is -2.21. The fourth-order valence-electron chi connectivity index (χ4n) is 5.36. The molecule has 1 aliphatic rings. The van der Waals surface area contributed by atoms with Crippen LogP contribution in [0.25, 0.3) is 22.3 Å². The minimum Gasteiger partial charge on any atom is -0.468 e. The fraction of sp³-hybridized carbons (Fsp3) is 0.258. The Labute approximate surface area is 263 Å². The molecule has 0 radical (unpaired) electrons. The van der Waals surface area contributed by atoms with E-state index in [4.69, 9.17) is 4.42 Å². The normalized spacial score (nSPS) is 12.7. The van der Waals surface area contributed by atoms with Crippen molar-refractivity contribution < 1.29 is 46.0 Å². The van der Waals surface area contributed by atoms with Crippen molar-refractivity contribution in [3.8, 4) is 11.3 Å². The molecule has 0 spiro atoms. The van der Waals surface area contributed by atoms with E-state index in [-0.39, 0.29) is 35.1 Å². The number of nitrogens with zero attached hydrogens (tertiary/aromatic N) is 2. The van der Waals surface area contributed by atoms with Gasteiger partial charge in [0, 0.05) is 24.1 Å². The lowest BCUT2D eigenvalue weighted by Crippen LogP contribution is -2.26. The number of esters is 2. The van der Waals surface area contributed by atoms with Crippen molar-refractivity contribution in [3.63, 3.8) is 0 Å². The Bertz CT molecular complexity index is 1930. The smallest absolute Gasteiger partial charge is 0.324 e. The molecular weight excluding hydrogens is 625 g/mol. The molecule has 1 aliphatic carbocycles.